The van der Waals surface area contributed by atoms with E-state index >= 15 is 0 Å². The average Bonchev–Trinajstić information content (AvgIpc) is 2.77. The first kappa shape index (κ1) is 20.1. The van der Waals surface area contributed by atoms with Crippen molar-refractivity contribution in [1.82, 2.24) is 14.9 Å². The lowest BCUT2D eigenvalue weighted by molar-refractivity contribution is -0.127. The Morgan fingerprint density at radius 2 is 2.03 bits per heavy atom. The molecule has 8 nitrogen and oxygen atoms in total. The van der Waals surface area contributed by atoms with Gasteiger partial charge in [0.15, 0.2) is 0 Å². The first-order chi connectivity index (χ1) is 14.0. The Morgan fingerprint density at radius 1 is 1.34 bits per heavy atom. The number of nitrogen functional groups attached to an aromatic ring is 1. The van der Waals surface area contributed by atoms with Crippen LogP contribution in [0.5, 0.6) is 5.75 Å². The highest BCUT2D eigenvalue weighted by Gasteiger charge is 2.24. The molecule has 0 unspecified atom stereocenters. The van der Waals surface area contributed by atoms with E-state index in [1.807, 2.05) is 30.3 Å². The molecular weight excluding hydrogens is 368 g/mol. The first-order valence-corrected chi connectivity index (χ1v) is 9.40. The molecule has 0 radical (unpaired) electrons. The molecular formula is C21H24N6O2. The minimum Gasteiger partial charge on any atom is -0.497 e. The Bertz CT molecular complexity index is 927. The Morgan fingerprint density at radius 3 is 2.66 bits per heavy atom. The second-order valence-corrected chi connectivity index (χ2v) is 6.92. The fraction of sp³-hybridized carbons (Fsp3) is 0.333. The third-order valence-electron chi connectivity index (χ3n) is 5.11. The normalized spacial score (nSPS) is 14.1. The van der Waals surface area contributed by atoms with Gasteiger partial charge in [0.2, 0.25) is 0 Å². The van der Waals surface area contributed by atoms with E-state index in [2.05, 4.69) is 21.9 Å². The van der Waals surface area contributed by atoms with E-state index in [-0.39, 0.29) is 11.5 Å². The summed E-state index contributed by atoms with van der Waals surface area (Å²) in [6.45, 7) is 5.44. The van der Waals surface area contributed by atoms with Crippen molar-refractivity contribution in [2.45, 2.75) is 12.8 Å². The lowest BCUT2D eigenvalue weighted by Crippen LogP contribution is -2.40. The Labute approximate surface area is 170 Å². The van der Waals surface area contributed by atoms with Crippen molar-refractivity contribution in [1.29, 1.82) is 5.26 Å². The smallest absolute Gasteiger partial charge is 0.263 e. The number of rotatable bonds is 6. The molecule has 1 aromatic carbocycles. The van der Waals surface area contributed by atoms with Gasteiger partial charge in [-0.15, -0.1) is 0 Å². The molecule has 29 heavy (non-hydrogen) atoms. The van der Waals surface area contributed by atoms with Crippen LogP contribution in [0.2, 0.25) is 0 Å². The van der Waals surface area contributed by atoms with E-state index in [1.54, 1.807) is 12.0 Å². The van der Waals surface area contributed by atoms with Crippen LogP contribution in [0.3, 0.4) is 0 Å². The summed E-state index contributed by atoms with van der Waals surface area (Å²) in [4.78, 5) is 22.2. The number of hydrogen-bond acceptors (Lipinski definition) is 7. The summed E-state index contributed by atoms with van der Waals surface area (Å²) in [5.41, 5.74) is 7.77. The lowest BCUT2D eigenvalue weighted by Gasteiger charge is -2.32. The van der Waals surface area contributed by atoms with Crippen LogP contribution in [0.15, 0.2) is 42.7 Å². The summed E-state index contributed by atoms with van der Waals surface area (Å²) < 4.78 is 5.21. The number of hydrogen-bond donors (Lipinski definition) is 2. The number of anilines is 2. The third-order valence-corrected chi connectivity index (χ3v) is 5.11. The number of ether oxygens (including phenoxy) is 1. The molecule has 2 aromatic rings. The van der Waals surface area contributed by atoms with Crippen molar-refractivity contribution in [3.8, 4) is 22.9 Å². The summed E-state index contributed by atoms with van der Waals surface area (Å²) >= 11 is 0. The number of benzene rings is 1. The van der Waals surface area contributed by atoms with Crippen LogP contribution in [0.1, 0.15) is 12.8 Å². The van der Waals surface area contributed by atoms with Crippen LogP contribution in [-0.2, 0) is 4.79 Å². The number of methoxy groups -OCH3 is 1. The average molecular weight is 392 g/mol. The van der Waals surface area contributed by atoms with Crippen LogP contribution >= 0.6 is 0 Å². The number of nitrogens with zero attached hydrogens (tertiary/aromatic N) is 4. The van der Waals surface area contributed by atoms with E-state index in [0.717, 1.165) is 29.7 Å². The predicted octanol–water partition coefficient (Wildman–Crippen LogP) is 2.46. The molecule has 150 valence electrons. The van der Waals surface area contributed by atoms with Crippen LogP contribution in [0.4, 0.5) is 11.6 Å². The van der Waals surface area contributed by atoms with Gasteiger partial charge in [-0.05, 0) is 36.5 Å². The summed E-state index contributed by atoms with van der Waals surface area (Å²) in [7, 11) is 1.62. The maximum atomic E-state index is 12.0. The zero-order valence-corrected chi connectivity index (χ0v) is 16.4. The zero-order chi connectivity index (χ0) is 20.8. The van der Waals surface area contributed by atoms with Gasteiger partial charge in [0.05, 0.1) is 12.7 Å². The van der Waals surface area contributed by atoms with Gasteiger partial charge in [-0.3, -0.25) is 4.79 Å². The SMILES string of the molecule is C=C(C#N)C(=O)N1CCC(CNc2ncnc(N)c2-c2ccc(OC)cc2)CC1. The van der Waals surface area contributed by atoms with E-state index in [0.29, 0.717) is 37.2 Å². The molecule has 1 aliphatic rings. The van der Waals surface area contributed by atoms with Gasteiger partial charge in [-0.25, -0.2) is 9.97 Å². The van der Waals surface area contributed by atoms with Gasteiger partial charge in [0.1, 0.15) is 35.4 Å². The largest absolute Gasteiger partial charge is 0.497 e. The Hall–Kier alpha value is -3.60. The van der Waals surface area contributed by atoms with Crippen LogP contribution in [0, 0.1) is 17.2 Å². The monoisotopic (exact) mass is 392 g/mol. The van der Waals surface area contributed by atoms with Crippen molar-refractivity contribution in [3.63, 3.8) is 0 Å². The number of piperidine rings is 1. The summed E-state index contributed by atoms with van der Waals surface area (Å²) in [6, 6.07) is 9.40. The topological polar surface area (TPSA) is 117 Å². The molecule has 0 aliphatic carbocycles. The highest BCUT2D eigenvalue weighted by molar-refractivity contribution is 5.96. The minimum absolute atomic E-state index is 0.0119. The van der Waals surface area contributed by atoms with Crippen molar-refractivity contribution in [3.05, 3.63) is 42.7 Å². The van der Waals surface area contributed by atoms with E-state index in [1.165, 1.54) is 6.33 Å². The fourth-order valence-corrected chi connectivity index (χ4v) is 3.40. The summed E-state index contributed by atoms with van der Waals surface area (Å²) in [6.07, 6.45) is 3.13. The van der Waals surface area contributed by atoms with Crippen molar-refractivity contribution in [2.75, 3.05) is 37.8 Å². The number of amides is 1. The van der Waals surface area contributed by atoms with Gasteiger partial charge in [-0.1, -0.05) is 18.7 Å². The maximum Gasteiger partial charge on any atom is 0.263 e. The van der Waals surface area contributed by atoms with Crippen molar-refractivity contribution in [2.24, 2.45) is 5.92 Å². The second-order valence-electron chi connectivity index (χ2n) is 6.92. The van der Waals surface area contributed by atoms with Crippen molar-refractivity contribution < 1.29 is 9.53 Å². The standard InChI is InChI=1S/C21H24N6O2/c1-14(11-22)21(28)27-9-7-15(8-10-27)12-24-20-18(19(23)25-13-26-20)16-3-5-17(29-2)6-4-16/h3-6,13,15H,1,7-10,12H2,2H3,(H3,23,24,25,26). The molecule has 1 fully saturated rings. The Kier molecular flexibility index (Phi) is 6.29. The molecule has 0 bridgehead atoms. The number of carbonyl (C=O) groups is 1. The van der Waals surface area contributed by atoms with Crippen LogP contribution < -0.4 is 15.8 Å². The molecule has 3 N–H and O–H groups in total. The molecule has 2 heterocycles. The lowest BCUT2D eigenvalue weighted by atomic mass is 9.96. The molecule has 3 rings (SSSR count). The van der Waals surface area contributed by atoms with Gasteiger partial charge in [0.25, 0.3) is 5.91 Å². The number of nitrogens with two attached hydrogens (primary N) is 1. The summed E-state index contributed by atoms with van der Waals surface area (Å²) in [5, 5.41) is 12.2. The van der Waals surface area contributed by atoms with Gasteiger partial charge >= 0.3 is 0 Å². The first-order valence-electron chi connectivity index (χ1n) is 9.40. The number of carbonyl (C=O) groups excluding carboxylic acids is 1. The molecule has 0 spiro atoms. The fourth-order valence-electron chi connectivity index (χ4n) is 3.40. The number of nitrogens with one attached hydrogen (secondary N) is 1. The molecule has 1 saturated heterocycles. The number of nitriles is 1. The highest BCUT2D eigenvalue weighted by Crippen LogP contribution is 2.32. The van der Waals surface area contributed by atoms with Crippen LogP contribution in [0.25, 0.3) is 11.1 Å². The molecule has 1 aliphatic heterocycles. The molecule has 0 atom stereocenters. The van der Waals surface area contributed by atoms with Gasteiger partial charge in [-0.2, -0.15) is 5.26 Å². The predicted molar refractivity (Wildman–Crippen MR) is 111 cm³/mol. The van der Waals surface area contributed by atoms with Gasteiger partial charge < -0.3 is 20.7 Å². The number of likely N-dealkylation sites (tertiary alicyclic amines) is 1. The molecule has 1 amide bonds. The van der Waals surface area contributed by atoms with E-state index < -0.39 is 0 Å². The van der Waals surface area contributed by atoms with E-state index in [9.17, 15) is 4.79 Å². The Balaban J connectivity index is 1.65. The molecule has 0 saturated carbocycles. The molecule has 8 heteroatoms. The third kappa shape index (κ3) is 4.63. The van der Waals surface area contributed by atoms with Crippen LogP contribution in [-0.4, -0.2) is 47.5 Å². The van der Waals surface area contributed by atoms with Gasteiger partial charge in [0, 0.05) is 19.6 Å². The second kappa shape index (κ2) is 9.06. The van der Waals surface area contributed by atoms with Crippen molar-refractivity contribution >= 4 is 17.5 Å². The summed E-state index contributed by atoms with van der Waals surface area (Å²) in [5.74, 6) is 1.96. The highest BCUT2D eigenvalue weighted by atomic mass is 16.5. The number of aromatic nitrogens is 2. The maximum absolute atomic E-state index is 12.0. The molecule has 1 aromatic heterocycles. The zero-order valence-electron chi connectivity index (χ0n) is 16.4. The minimum atomic E-state index is -0.274. The van der Waals surface area contributed by atoms with E-state index in [4.69, 9.17) is 15.7 Å². The quantitative estimate of drug-likeness (QED) is 0.573.